The number of anilines is 2. The van der Waals surface area contributed by atoms with E-state index in [1.807, 2.05) is 0 Å². The Morgan fingerprint density at radius 1 is 1.30 bits per heavy atom. The van der Waals surface area contributed by atoms with Crippen LogP contribution in [0.4, 0.5) is 15.8 Å². The number of nitrogens with two attached hydrogens (primary N) is 1. The van der Waals surface area contributed by atoms with Gasteiger partial charge >= 0.3 is 0 Å². The predicted octanol–water partition coefficient (Wildman–Crippen LogP) is 1.86. The zero-order valence-corrected chi connectivity index (χ0v) is 12.1. The first-order chi connectivity index (χ1) is 9.22. The normalized spacial score (nSPS) is 11.6. The van der Waals surface area contributed by atoms with E-state index in [0.717, 1.165) is 12.1 Å². The van der Waals surface area contributed by atoms with Gasteiger partial charge in [-0.1, -0.05) is 0 Å². The van der Waals surface area contributed by atoms with E-state index in [2.05, 4.69) is 14.9 Å². The first-order valence-electron chi connectivity index (χ1n) is 5.82. The van der Waals surface area contributed by atoms with Gasteiger partial charge in [-0.3, -0.25) is 9.82 Å². The molecule has 20 heavy (non-hydrogen) atoms. The number of aromatic amines is 1. The Kier molecular flexibility index (Phi) is 3.43. The van der Waals surface area contributed by atoms with Crippen molar-refractivity contribution in [3.05, 3.63) is 34.9 Å². The molecule has 1 heterocycles. The first kappa shape index (κ1) is 14.3. The summed E-state index contributed by atoms with van der Waals surface area (Å²) in [7, 11) is -3.85. The number of aryl methyl sites for hydroxylation is 3. The fraction of sp³-hybridized carbons (Fsp3) is 0.250. The highest BCUT2D eigenvalue weighted by molar-refractivity contribution is 7.92. The van der Waals surface area contributed by atoms with Crippen LogP contribution in [0.15, 0.2) is 17.0 Å². The maximum atomic E-state index is 13.3. The van der Waals surface area contributed by atoms with Gasteiger partial charge in [0.05, 0.1) is 27.7 Å². The van der Waals surface area contributed by atoms with Gasteiger partial charge in [-0.25, -0.2) is 12.8 Å². The largest absolute Gasteiger partial charge is 0.396 e. The van der Waals surface area contributed by atoms with Gasteiger partial charge in [0.25, 0.3) is 10.0 Å². The standard InChI is InChI=1S/C12H15FN4O2S/c1-6-4-9(13)10(14)5-11(6)20(18,19)17-12-7(2)15-16-8(12)3/h4-5,17H,14H2,1-3H3,(H,15,16). The number of nitrogens with one attached hydrogen (secondary N) is 2. The van der Waals surface area contributed by atoms with Crippen molar-refractivity contribution in [1.82, 2.24) is 10.2 Å². The van der Waals surface area contributed by atoms with Crippen LogP contribution in [0.5, 0.6) is 0 Å². The third kappa shape index (κ3) is 2.46. The molecule has 108 valence electrons. The topological polar surface area (TPSA) is 101 Å². The van der Waals surface area contributed by atoms with Crippen molar-refractivity contribution in [2.24, 2.45) is 0 Å². The van der Waals surface area contributed by atoms with Gasteiger partial charge in [0.1, 0.15) is 5.82 Å². The summed E-state index contributed by atoms with van der Waals surface area (Å²) in [6, 6.07) is 2.21. The first-order valence-corrected chi connectivity index (χ1v) is 7.30. The second-order valence-electron chi connectivity index (χ2n) is 4.55. The number of halogens is 1. The minimum Gasteiger partial charge on any atom is -0.396 e. The lowest BCUT2D eigenvalue weighted by Gasteiger charge is -2.11. The van der Waals surface area contributed by atoms with Crippen LogP contribution in [-0.2, 0) is 10.0 Å². The Bertz CT molecular complexity index is 749. The molecule has 0 aliphatic heterocycles. The van der Waals surface area contributed by atoms with Crippen LogP contribution in [0.25, 0.3) is 0 Å². The van der Waals surface area contributed by atoms with Crippen molar-refractivity contribution in [3.8, 4) is 0 Å². The number of hydrogen-bond donors (Lipinski definition) is 3. The van der Waals surface area contributed by atoms with Crippen molar-refractivity contribution in [2.75, 3.05) is 10.5 Å². The van der Waals surface area contributed by atoms with Crippen LogP contribution in [-0.4, -0.2) is 18.6 Å². The Labute approximate surface area is 116 Å². The molecular formula is C12H15FN4O2S. The highest BCUT2D eigenvalue weighted by Crippen LogP contribution is 2.25. The molecule has 4 N–H and O–H groups in total. The zero-order chi connectivity index (χ0) is 15.1. The van der Waals surface area contributed by atoms with E-state index in [9.17, 15) is 12.8 Å². The monoisotopic (exact) mass is 298 g/mol. The maximum Gasteiger partial charge on any atom is 0.262 e. The lowest BCUT2D eigenvalue weighted by Crippen LogP contribution is -2.16. The Balaban J connectivity index is 2.49. The van der Waals surface area contributed by atoms with E-state index >= 15 is 0 Å². The number of aromatic nitrogens is 2. The number of rotatable bonds is 3. The molecule has 6 nitrogen and oxygen atoms in total. The summed E-state index contributed by atoms with van der Waals surface area (Å²) in [6.07, 6.45) is 0. The van der Waals surface area contributed by atoms with Gasteiger partial charge < -0.3 is 5.73 Å². The number of nitrogen functional groups attached to an aromatic ring is 1. The van der Waals surface area contributed by atoms with E-state index < -0.39 is 15.8 Å². The van der Waals surface area contributed by atoms with Crippen molar-refractivity contribution < 1.29 is 12.8 Å². The quantitative estimate of drug-likeness (QED) is 0.753. The number of sulfonamides is 1. The third-order valence-corrected chi connectivity index (χ3v) is 4.44. The van der Waals surface area contributed by atoms with Gasteiger partial charge in [0.2, 0.25) is 0 Å². The average Bonchev–Trinajstić information content (AvgIpc) is 2.65. The van der Waals surface area contributed by atoms with E-state index in [1.165, 1.54) is 6.92 Å². The van der Waals surface area contributed by atoms with Crippen molar-refractivity contribution in [1.29, 1.82) is 0 Å². The van der Waals surface area contributed by atoms with Gasteiger partial charge in [0.15, 0.2) is 0 Å². The molecule has 0 fully saturated rings. The summed E-state index contributed by atoms with van der Waals surface area (Å²) in [5, 5.41) is 6.60. The summed E-state index contributed by atoms with van der Waals surface area (Å²) in [5.41, 5.74) is 7.01. The van der Waals surface area contributed by atoms with E-state index in [4.69, 9.17) is 5.73 Å². The van der Waals surface area contributed by atoms with Crippen LogP contribution in [0.2, 0.25) is 0 Å². The van der Waals surface area contributed by atoms with E-state index in [-0.39, 0.29) is 16.1 Å². The van der Waals surface area contributed by atoms with Gasteiger partial charge in [-0.05, 0) is 38.5 Å². The van der Waals surface area contributed by atoms with Crippen molar-refractivity contribution in [3.63, 3.8) is 0 Å². The molecule has 0 amide bonds. The summed E-state index contributed by atoms with van der Waals surface area (Å²) >= 11 is 0. The second-order valence-corrected chi connectivity index (χ2v) is 6.20. The minimum absolute atomic E-state index is 0.0589. The molecule has 0 aliphatic carbocycles. The average molecular weight is 298 g/mol. The number of benzene rings is 1. The maximum absolute atomic E-state index is 13.3. The molecular weight excluding hydrogens is 283 g/mol. The van der Waals surface area contributed by atoms with E-state index in [1.54, 1.807) is 13.8 Å². The number of hydrogen-bond acceptors (Lipinski definition) is 4. The Morgan fingerprint density at radius 3 is 2.50 bits per heavy atom. The Hall–Kier alpha value is -2.09. The molecule has 1 aromatic carbocycles. The summed E-state index contributed by atoms with van der Waals surface area (Å²) in [5.74, 6) is -0.642. The molecule has 2 rings (SSSR count). The van der Waals surface area contributed by atoms with Crippen LogP contribution in [0.3, 0.4) is 0 Å². The Morgan fingerprint density at radius 2 is 1.95 bits per heavy atom. The van der Waals surface area contributed by atoms with Crippen LogP contribution in [0.1, 0.15) is 17.0 Å². The number of H-pyrrole nitrogens is 1. The summed E-state index contributed by atoms with van der Waals surface area (Å²) in [6.45, 7) is 4.88. The smallest absolute Gasteiger partial charge is 0.262 e. The fourth-order valence-corrected chi connectivity index (χ4v) is 3.29. The van der Waals surface area contributed by atoms with Gasteiger partial charge in [-0.15, -0.1) is 0 Å². The molecule has 0 saturated heterocycles. The minimum atomic E-state index is -3.85. The van der Waals surface area contributed by atoms with E-state index in [0.29, 0.717) is 17.1 Å². The van der Waals surface area contributed by atoms with Crippen molar-refractivity contribution in [2.45, 2.75) is 25.7 Å². The SMILES string of the molecule is Cc1cc(F)c(N)cc1S(=O)(=O)Nc1c(C)n[nH]c1C. The molecule has 0 aliphatic rings. The molecule has 0 atom stereocenters. The van der Waals surface area contributed by atoms with Crippen LogP contribution < -0.4 is 10.5 Å². The number of nitrogens with zero attached hydrogens (tertiary/aromatic N) is 1. The summed E-state index contributed by atoms with van der Waals surface area (Å²) < 4.78 is 40.5. The fourth-order valence-electron chi connectivity index (χ4n) is 1.85. The lowest BCUT2D eigenvalue weighted by atomic mass is 10.2. The van der Waals surface area contributed by atoms with Crippen LogP contribution >= 0.6 is 0 Å². The molecule has 0 bridgehead atoms. The second kappa shape index (κ2) is 4.78. The molecule has 0 radical (unpaired) electrons. The summed E-state index contributed by atoms with van der Waals surface area (Å²) in [4.78, 5) is -0.0589. The van der Waals surface area contributed by atoms with Crippen LogP contribution in [0, 0.1) is 26.6 Å². The van der Waals surface area contributed by atoms with Crippen molar-refractivity contribution >= 4 is 21.4 Å². The molecule has 2 aromatic rings. The third-order valence-electron chi connectivity index (χ3n) is 2.95. The molecule has 0 unspecified atom stereocenters. The molecule has 0 spiro atoms. The molecule has 8 heteroatoms. The molecule has 1 aromatic heterocycles. The zero-order valence-electron chi connectivity index (χ0n) is 11.3. The predicted molar refractivity (Wildman–Crippen MR) is 74.4 cm³/mol. The highest BCUT2D eigenvalue weighted by Gasteiger charge is 2.21. The van der Waals surface area contributed by atoms with Gasteiger partial charge in [0, 0.05) is 0 Å². The van der Waals surface area contributed by atoms with Gasteiger partial charge in [-0.2, -0.15) is 5.10 Å². The lowest BCUT2D eigenvalue weighted by molar-refractivity contribution is 0.599. The highest BCUT2D eigenvalue weighted by atomic mass is 32.2. The molecule has 0 saturated carbocycles.